The molecule has 7 heteroatoms. The third-order valence-corrected chi connectivity index (χ3v) is 16.3. The second-order valence-electron chi connectivity index (χ2n) is 14.7. The van der Waals surface area contributed by atoms with Gasteiger partial charge >= 0.3 is 0 Å². The molecule has 0 N–H and O–H groups in total. The topological polar surface area (TPSA) is 52.9 Å². The van der Waals surface area contributed by atoms with Gasteiger partial charge in [-0.3, -0.25) is 9.13 Å². The van der Waals surface area contributed by atoms with E-state index in [1.54, 1.807) is 0 Å². The lowest BCUT2D eigenvalue weighted by Crippen LogP contribution is -2.74. The second kappa shape index (κ2) is 13.9. The lowest BCUT2D eigenvalue weighted by Gasteiger charge is -2.35. The summed E-state index contributed by atoms with van der Waals surface area (Å²) in [4.78, 5) is 20.2. The lowest BCUT2D eigenvalue weighted by molar-refractivity contribution is 0.893. The van der Waals surface area contributed by atoms with Crippen LogP contribution in [0.3, 0.4) is 0 Å². The molecule has 3 heterocycles. The number of para-hydroxylation sites is 4. The Balaban J connectivity index is 1.25. The Hall–Kier alpha value is -7.92. The van der Waals surface area contributed by atoms with Gasteiger partial charge < -0.3 is 0 Å². The van der Waals surface area contributed by atoms with Crippen molar-refractivity contribution in [3.05, 3.63) is 218 Å². The van der Waals surface area contributed by atoms with Gasteiger partial charge in [0.2, 0.25) is 11.9 Å². The van der Waals surface area contributed by atoms with Crippen molar-refractivity contribution in [2.75, 3.05) is 0 Å². The number of aromatic nitrogens is 5. The summed E-state index contributed by atoms with van der Waals surface area (Å²) in [5.41, 5.74) is 5.27. The number of nitrogens with zero attached hydrogens (tertiary/aromatic N) is 6. The molecule has 59 heavy (non-hydrogen) atoms. The van der Waals surface area contributed by atoms with Crippen molar-refractivity contribution in [2.45, 2.75) is 0 Å². The summed E-state index contributed by atoms with van der Waals surface area (Å²) >= 11 is 0. The smallest absolute Gasteiger partial charge is 0.240 e. The monoisotopic (exact) mass is 770 g/mol. The maximum atomic E-state index is 8.47. The SMILES string of the molecule is [C-]#[N+]c1cc(-c2nc(-n3c4ccccc4c4ccccc43)nc(-n3c4ccccc4c4ccccc43)n2)cc([Si](c2ccccc2)(c2ccccc2)c2ccccc2)c1. The molecular weight excluding hydrogens is 737 g/mol. The van der Waals surface area contributed by atoms with Gasteiger partial charge in [-0.15, -0.1) is 0 Å². The summed E-state index contributed by atoms with van der Waals surface area (Å²) in [5, 5.41) is 9.20. The Morgan fingerprint density at radius 1 is 0.373 bits per heavy atom. The quantitative estimate of drug-likeness (QED) is 0.0922. The van der Waals surface area contributed by atoms with Gasteiger partial charge in [0.05, 0.1) is 28.6 Å². The summed E-state index contributed by atoms with van der Waals surface area (Å²) in [6.07, 6.45) is 0. The summed E-state index contributed by atoms with van der Waals surface area (Å²) in [6.45, 7) is 8.47. The standard InChI is InChI=1S/C52H34N6Si/c1-53-37-33-36(34-41(35-37)59(38-19-5-2-6-20-38,39-21-7-3-8-22-39)40-23-9-4-10-24-40)50-54-51(57-46-29-15-11-25-42(46)43-26-12-16-30-47(43)57)56-52(55-50)58-48-31-17-13-27-44(48)45-28-14-18-32-49(45)58/h2-35H. The number of benzene rings is 8. The van der Waals surface area contributed by atoms with Gasteiger partial charge in [-0.1, -0.05) is 181 Å². The van der Waals surface area contributed by atoms with E-state index >= 15 is 0 Å². The van der Waals surface area contributed by atoms with Crippen molar-refractivity contribution in [3.63, 3.8) is 0 Å². The minimum Gasteiger partial charge on any atom is -0.278 e. The van der Waals surface area contributed by atoms with E-state index in [-0.39, 0.29) is 0 Å². The molecule has 276 valence electrons. The lowest BCUT2D eigenvalue weighted by atomic mass is 10.2. The van der Waals surface area contributed by atoms with Crippen LogP contribution in [0.4, 0.5) is 5.69 Å². The van der Waals surface area contributed by atoms with Crippen LogP contribution in [0.15, 0.2) is 206 Å². The van der Waals surface area contributed by atoms with Gasteiger partial charge in [-0.2, -0.15) is 15.0 Å². The van der Waals surface area contributed by atoms with E-state index in [2.05, 4.69) is 214 Å². The van der Waals surface area contributed by atoms with Gasteiger partial charge in [-0.25, -0.2) is 4.85 Å². The first-order valence-electron chi connectivity index (χ1n) is 19.7. The largest absolute Gasteiger partial charge is 0.278 e. The van der Waals surface area contributed by atoms with Gasteiger partial charge in [-0.05, 0) is 45.9 Å². The first-order valence-corrected chi connectivity index (χ1v) is 21.7. The van der Waals surface area contributed by atoms with Crippen LogP contribution in [0.5, 0.6) is 0 Å². The molecule has 0 aliphatic carbocycles. The van der Waals surface area contributed by atoms with E-state index < -0.39 is 8.07 Å². The molecule has 0 amide bonds. The third-order valence-electron chi connectivity index (χ3n) is 11.5. The van der Waals surface area contributed by atoms with Gasteiger partial charge in [0.25, 0.3) is 0 Å². The average molecular weight is 771 g/mol. The number of hydrogen-bond acceptors (Lipinski definition) is 3. The molecule has 0 bridgehead atoms. The summed E-state index contributed by atoms with van der Waals surface area (Å²) in [7, 11) is -3.02. The van der Waals surface area contributed by atoms with Crippen molar-refractivity contribution in [3.8, 4) is 23.3 Å². The Bertz CT molecular complexity index is 3070. The zero-order valence-electron chi connectivity index (χ0n) is 31.8. The summed E-state index contributed by atoms with van der Waals surface area (Å²) in [6, 6.07) is 72.1. The zero-order chi connectivity index (χ0) is 39.3. The number of hydrogen-bond donors (Lipinski definition) is 0. The minimum absolute atomic E-state index is 0.484. The fourth-order valence-electron chi connectivity index (χ4n) is 9.04. The molecule has 8 aromatic carbocycles. The molecule has 0 spiro atoms. The molecule has 6 nitrogen and oxygen atoms in total. The molecule has 0 aliphatic heterocycles. The first-order chi connectivity index (χ1) is 29.2. The molecule has 0 atom stereocenters. The van der Waals surface area contributed by atoms with E-state index in [0.29, 0.717) is 23.4 Å². The fraction of sp³-hybridized carbons (Fsp3) is 0. The predicted octanol–water partition coefficient (Wildman–Crippen LogP) is 9.66. The highest BCUT2D eigenvalue weighted by Crippen LogP contribution is 2.34. The second-order valence-corrected chi connectivity index (χ2v) is 18.5. The van der Waals surface area contributed by atoms with Crippen molar-refractivity contribution in [1.29, 1.82) is 0 Å². The highest BCUT2D eigenvalue weighted by atomic mass is 28.3. The Kier molecular flexibility index (Phi) is 8.10. The molecule has 0 saturated carbocycles. The molecule has 11 aromatic rings. The summed E-state index contributed by atoms with van der Waals surface area (Å²) < 4.78 is 4.29. The van der Waals surface area contributed by atoms with E-state index in [1.807, 2.05) is 6.07 Å². The zero-order valence-corrected chi connectivity index (χ0v) is 32.8. The molecule has 0 aliphatic rings. The van der Waals surface area contributed by atoms with E-state index in [4.69, 9.17) is 21.5 Å². The van der Waals surface area contributed by atoms with Crippen LogP contribution in [0, 0.1) is 6.57 Å². The maximum absolute atomic E-state index is 8.47. The Labute approximate surface area is 341 Å². The normalized spacial score (nSPS) is 11.7. The highest BCUT2D eigenvalue weighted by molar-refractivity contribution is 7.20. The Morgan fingerprint density at radius 2 is 0.729 bits per heavy atom. The van der Waals surface area contributed by atoms with Crippen LogP contribution in [0.25, 0.3) is 71.7 Å². The molecule has 0 fully saturated rings. The first kappa shape index (κ1) is 34.3. The van der Waals surface area contributed by atoms with Crippen molar-refractivity contribution in [1.82, 2.24) is 24.1 Å². The molecule has 0 unspecified atom stereocenters. The van der Waals surface area contributed by atoms with Crippen molar-refractivity contribution >= 4 is 78.1 Å². The van der Waals surface area contributed by atoms with Gasteiger partial charge in [0.15, 0.2) is 19.6 Å². The Morgan fingerprint density at radius 3 is 1.10 bits per heavy atom. The van der Waals surface area contributed by atoms with Gasteiger partial charge in [0.1, 0.15) is 0 Å². The van der Waals surface area contributed by atoms with Gasteiger partial charge in [0, 0.05) is 27.1 Å². The van der Waals surface area contributed by atoms with Crippen LogP contribution < -0.4 is 20.7 Å². The third kappa shape index (κ3) is 5.42. The predicted molar refractivity (Wildman–Crippen MR) is 244 cm³/mol. The molecular formula is C52H34N6Si. The van der Waals surface area contributed by atoms with Crippen LogP contribution in [-0.2, 0) is 0 Å². The summed E-state index contributed by atoms with van der Waals surface area (Å²) in [5.74, 6) is 1.48. The maximum Gasteiger partial charge on any atom is 0.240 e. The average Bonchev–Trinajstić information content (AvgIpc) is 3.83. The van der Waals surface area contributed by atoms with Crippen LogP contribution in [-0.4, -0.2) is 32.2 Å². The van der Waals surface area contributed by atoms with Crippen molar-refractivity contribution < 1.29 is 0 Å². The highest BCUT2D eigenvalue weighted by Gasteiger charge is 2.41. The molecule has 0 radical (unpaired) electrons. The van der Waals surface area contributed by atoms with E-state index in [0.717, 1.165) is 54.4 Å². The molecule has 11 rings (SSSR count). The number of rotatable bonds is 7. The molecule has 3 aromatic heterocycles. The van der Waals surface area contributed by atoms with E-state index in [9.17, 15) is 0 Å². The minimum atomic E-state index is -3.02. The van der Waals surface area contributed by atoms with E-state index in [1.165, 1.54) is 15.6 Å². The van der Waals surface area contributed by atoms with Crippen LogP contribution >= 0.6 is 0 Å². The fourth-order valence-corrected chi connectivity index (χ4v) is 13.9. The molecule has 0 saturated heterocycles. The van der Waals surface area contributed by atoms with Crippen molar-refractivity contribution in [2.24, 2.45) is 0 Å². The number of fused-ring (bicyclic) bond motifs is 6. The van der Waals surface area contributed by atoms with Crippen LogP contribution in [0.2, 0.25) is 0 Å². The van der Waals surface area contributed by atoms with Crippen LogP contribution in [0.1, 0.15) is 0 Å².